The summed E-state index contributed by atoms with van der Waals surface area (Å²) < 4.78 is 6.63. The highest BCUT2D eigenvalue weighted by Crippen LogP contribution is 2.44. The van der Waals surface area contributed by atoms with Crippen LogP contribution in [-0.4, -0.2) is 5.90 Å². The zero-order chi connectivity index (χ0) is 21.9. The topological polar surface area (TPSA) is 21.6 Å². The van der Waals surface area contributed by atoms with Gasteiger partial charge in [0, 0.05) is 5.57 Å². The second-order valence-electron chi connectivity index (χ2n) is 8.97. The van der Waals surface area contributed by atoms with Gasteiger partial charge in [0.05, 0.1) is 0 Å². The fourth-order valence-electron chi connectivity index (χ4n) is 4.76. The molecule has 0 radical (unpaired) electrons. The van der Waals surface area contributed by atoms with Crippen molar-refractivity contribution < 1.29 is 4.74 Å². The summed E-state index contributed by atoms with van der Waals surface area (Å²) in [4.78, 5) is 5.17. The van der Waals surface area contributed by atoms with Crippen LogP contribution in [0.15, 0.2) is 114 Å². The summed E-state index contributed by atoms with van der Waals surface area (Å²) in [5, 5.41) is 0. The van der Waals surface area contributed by atoms with Gasteiger partial charge < -0.3 is 4.74 Å². The molecular formula is C30H29NO. The minimum absolute atomic E-state index is 0.0400. The van der Waals surface area contributed by atoms with Crippen LogP contribution in [0.5, 0.6) is 0 Å². The molecule has 32 heavy (non-hydrogen) atoms. The Bertz CT molecular complexity index is 1140. The fraction of sp³-hybridized carbons (Fsp3) is 0.233. The molecule has 0 saturated heterocycles. The van der Waals surface area contributed by atoms with Crippen LogP contribution < -0.4 is 0 Å². The second kappa shape index (κ2) is 9.00. The molecule has 3 atom stereocenters. The first-order valence-corrected chi connectivity index (χ1v) is 11.5. The number of hydrogen-bond donors (Lipinski definition) is 0. The molecule has 0 amide bonds. The quantitative estimate of drug-likeness (QED) is 0.417. The Hall–Kier alpha value is -3.39. The van der Waals surface area contributed by atoms with Crippen molar-refractivity contribution in [3.05, 3.63) is 125 Å². The third kappa shape index (κ3) is 4.05. The van der Waals surface area contributed by atoms with E-state index in [0.29, 0.717) is 11.8 Å². The van der Waals surface area contributed by atoms with E-state index in [0.717, 1.165) is 17.9 Å². The highest BCUT2D eigenvalue weighted by Gasteiger charge is 2.37. The molecular weight excluding hydrogens is 390 g/mol. The van der Waals surface area contributed by atoms with Gasteiger partial charge in [0.15, 0.2) is 6.10 Å². The summed E-state index contributed by atoms with van der Waals surface area (Å²) in [7, 11) is 0. The molecule has 1 aliphatic heterocycles. The van der Waals surface area contributed by atoms with Gasteiger partial charge in [0.1, 0.15) is 6.04 Å². The zero-order valence-corrected chi connectivity index (χ0v) is 18.7. The molecule has 0 N–H and O–H groups in total. The maximum atomic E-state index is 6.63. The van der Waals surface area contributed by atoms with Crippen molar-refractivity contribution in [1.82, 2.24) is 0 Å². The molecule has 5 rings (SSSR count). The number of benzene rings is 3. The molecule has 1 heterocycles. The fourth-order valence-corrected chi connectivity index (χ4v) is 4.76. The maximum absolute atomic E-state index is 6.63. The molecule has 0 spiro atoms. The summed E-state index contributed by atoms with van der Waals surface area (Å²) in [5.41, 5.74) is 6.25. The predicted octanol–water partition coefficient (Wildman–Crippen LogP) is 7.58. The Morgan fingerprint density at radius 3 is 1.97 bits per heavy atom. The van der Waals surface area contributed by atoms with Crippen molar-refractivity contribution in [2.45, 2.75) is 32.4 Å². The van der Waals surface area contributed by atoms with Crippen molar-refractivity contribution in [3.8, 4) is 0 Å². The Balaban J connectivity index is 1.53. The monoisotopic (exact) mass is 419 g/mol. The predicted molar refractivity (Wildman–Crippen MR) is 132 cm³/mol. The molecule has 2 aliphatic rings. The molecule has 3 aromatic rings. The number of rotatable bonds is 5. The SMILES string of the molecule is CC(C)[C@@H]1CC(c2ccccc2)=CC=C1C1=N[C@H](c2ccccc2)[C@@H](c2ccccc2)O1. The molecule has 0 aromatic heterocycles. The molecule has 0 saturated carbocycles. The first kappa shape index (κ1) is 20.5. The Labute approximate surface area is 191 Å². The smallest absolute Gasteiger partial charge is 0.213 e. The van der Waals surface area contributed by atoms with Crippen LogP contribution >= 0.6 is 0 Å². The highest BCUT2D eigenvalue weighted by molar-refractivity contribution is 5.97. The number of aliphatic imine (C=N–C) groups is 1. The van der Waals surface area contributed by atoms with Gasteiger partial charge in [0.25, 0.3) is 0 Å². The average molecular weight is 420 g/mol. The lowest BCUT2D eigenvalue weighted by Crippen LogP contribution is -2.21. The van der Waals surface area contributed by atoms with Gasteiger partial charge in [-0.05, 0) is 40.5 Å². The van der Waals surface area contributed by atoms with Crippen LogP contribution in [0.4, 0.5) is 0 Å². The summed E-state index contributed by atoms with van der Waals surface area (Å²) in [5.74, 6) is 1.67. The first-order valence-electron chi connectivity index (χ1n) is 11.5. The van der Waals surface area contributed by atoms with Crippen molar-refractivity contribution in [3.63, 3.8) is 0 Å². The van der Waals surface area contributed by atoms with Gasteiger partial charge >= 0.3 is 0 Å². The standard InChI is InChI=1S/C30H29NO/c1-21(2)27-20-25(22-12-6-3-7-13-22)18-19-26(27)30-31-28(23-14-8-4-9-15-23)29(32-30)24-16-10-5-11-17-24/h3-19,21,27-29H,20H2,1-2H3/t27-,28+,29+/m0/s1. The third-order valence-electron chi connectivity index (χ3n) is 6.55. The Morgan fingerprint density at radius 1 is 0.750 bits per heavy atom. The highest BCUT2D eigenvalue weighted by atomic mass is 16.5. The normalized spacial score (nSPS) is 22.7. The minimum atomic E-state index is -0.109. The van der Waals surface area contributed by atoms with E-state index in [-0.39, 0.29) is 12.1 Å². The lowest BCUT2D eigenvalue weighted by Gasteiger charge is -2.28. The summed E-state index contributed by atoms with van der Waals surface area (Å²) in [6.07, 6.45) is 5.39. The number of ether oxygens (including phenoxy) is 1. The summed E-state index contributed by atoms with van der Waals surface area (Å²) in [6, 6.07) is 31.6. The van der Waals surface area contributed by atoms with Gasteiger partial charge in [0.2, 0.25) is 5.90 Å². The van der Waals surface area contributed by atoms with Crippen LogP contribution in [0.2, 0.25) is 0 Å². The lowest BCUT2D eigenvalue weighted by atomic mass is 9.78. The maximum Gasteiger partial charge on any atom is 0.213 e. The number of allylic oxidation sites excluding steroid dienone is 3. The van der Waals surface area contributed by atoms with Crippen molar-refractivity contribution in [1.29, 1.82) is 0 Å². The molecule has 2 nitrogen and oxygen atoms in total. The van der Waals surface area contributed by atoms with Gasteiger partial charge in [-0.15, -0.1) is 0 Å². The van der Waals surface area contributed by atoms with E-state index < -0.39 is 0 Å². The average Bonchev–Trinajstić information content (AvgIpc) is 3.31. The van der Waals surface area contributed by atoms with E-state index in [9.17, 15) is 0 Å². The summed E-state index contributed by atoms with van der Waals surface area (Å²) >= 11 is 0. The molecule has 0 fully saturated rings. The van der Waals surface area contributed by atoms with E-state index in [1.165, 1.54) is 22.3 Å². The van der Waals surface area contributed by atoms with E-state index in [4.69, 9.17) is 9.73 Å². The van der Waals surface area contributed by atoms with Crippen LogP contribution in [-0.2, 0) is 4.74 Å². The molecule has 160 valence electrons. The summed E-state index contributed by atoms with van der Waals surface area (Å²) in [6.45, 7) is 4.59. The van der Waals surface area contributed by atoms with E-state index in [2.05, 4.69) is 111 Å². The van der Waals surface area contributed by atoms with Crippen molar-refractivity contribution in [2.24, 2.45) is 16.8 Å². The van der Waals surface area contributed by atoms with Gasteiger partial charge in [-0.25, -0.2) is 4.99 Å². The zero-order valence-electron chi connectivity index (χ0n) is 18.7. The third-order valence-corrected chi connectivity index (χ3v) is 6.55. The molecule has 3 aromatic carbocycles. The number of hydrogen-bond acceptors (Lipinski definition) is 2. The van der Waals surface area contributed by atoms with Crippen LogP contribution in [0, 0.1) is 11.8 Å². The first-order chi connectivity index (χ1) is 15.7. The largest absolute Gasteiger partial charge is 0.467 e. The van der Waals surface area contributed by atoms with Crippen molar-refractivity contribution in [2.75, 3.05) is 0 Å². The molecule has 2 heteroatoms. The van der Waals surface area contributed by atoms with Gasteiger partial charge in [-0.3, -0.25) is 0 Å². The van der Waals surface area contributed by atoms with E-state index in [1.807, 2.05) is 6.07 Å². The molecule has 0 bridgehead atoms. The Morgan fingerprint density at radius 2 is 1.34 bits per heavy atom. The van der Waals surface area contributed by atoms with Gasteiger partial charge in [-0.1, -0.05) is 117 Å². The number of nitrogens with zero attached hydrogens (tertiary/aromatic N) is 1. The second-order valence-corrected chi connectivity index (χ2v) is 8.97. The Kier molecular flexibility index (Phi) is 5.77. The molecule has 1 aliphatic carbocycles. The van der Waals surface area contributed by atoms with Crippen LogP contribution in [0.3, 0.4) is 0 Å². The van der Waals surface area contributed by atoms with Crippen molar-refractivity contribution >= 4 is 11.5 Å². The molecule has 0 unspecified atom stereocenters. The van der Waals surface area contributed by atoms with E-state index >= 15 is 0 Å². The van der Waals surface area contributed by atoms with Gasteiger partial charge in [-0.2, -0.15) is 0 Å². The lowest BCUT2D eigenvalue weighted by molar-refractivity contribution is 0.194. The van der Waals surface area contributed by atoms with E-state index in [1.54, 1.807) is 0 Å². The van der Waals surface area contributed by atoms with Crippen LogP contribution in [0.1, 0.15) is 49.1 Å². The van der Waals surface area contributed by atoms with Crippen LogP contribution in [0.25, 0.3) is 5.57 Å². The minimum Gasteiger partial charge on any atom is -0.467 e.